The molecule has 1 heterocycles. The Labute approximate surface area is 121 Å². The molecule has 106 valence electrons. The van der Waals surface area contributed by atoms with Crippen molar-refractivity contribution in [2.45, 2.75) is 20.5 Å². The molecule has 0 aliphatic heterocycles. The average molecular weight is 295 g/mol. The number of nitrogens with two attached hydrogens (primary N) is 1. The van der Waals surface area contributed by atoms with E-state index in [1.54, 1.807) is 25.1 Å². The molecule has 0 spiro atoms. The molecule has 3 N–H and O–H groups in total. The number of hydrogen-bond donors (Lipinski definition) is 2. The highest BCUT2D eigenvalue weighted by atomic mass is 35.5. The van der Waals surface area contributed by atoms with E-state index in [9.17, 15) is 4.79 Å². The van der Waals surface area contributed by atoms with E-state index in [1.165, 1.54) is 0 Å². The lowest BCUT2D eigenvalue weighted by molar-refractivity contribution is 0.0952. The summed E-state index contributed by atoms with van der Waals surface area (Å²) in [6.07, 6.45) is 0. The summed E-state index contributed by atoms with van der Waals surface area (Å²) in [5.74, 6) is 6.44. The standard InChI is InChI=1S/C14H15ClN2O3/c1-8-5-10(3-4-13(8)15)19-7-11-6-12(9(2)20-11)14(18)17-16/h3-6H,7,16H2,1-2H3,(H,17,18). The van der Waals surface area contributed by atoms with Crippen LogP contribution in [0, 0.1) is 13.8 Å². The van der Waals surface area contributed by atoms with Crippen molar-refractivity contribution < 1.29 is 13.9 Å². The molecular weight excluding hydrogens is 280 g/mol. The first-order valence-electron chi connectivity index (χ1n) is 6.00. The van der Waals surface area contributed by atoms with Crippen molar-refractivity contribution in [3.8, 4) is 5.75 Å². The van der Waals surface area contributed by atoms with Gasteiger partial charge in [-0.2, -0.15) is 0 Å². The Bertz CT molecular complexity index is 637. The maximum absolute atomic E-state index is 11.5. The third kappa shape index (κ3) is 3.12. The van der Waals surface area contributed by atoms with E-state index < -0.39 is 0 Å². The minimum Gasteiger partial charge on any atom is -0.486 e. The van der Waals surface area contributed by atoms with Crippen molar-refractivity contribution in [3.63, 3.8) is 0 Å². The van der Waals surface area contributed by atoms with E-state index in [1.807, 2.05) is 13.0 Å². The SMILES string of the molecule is Cc1cc(OCc2cc(C(=O)NN)c(C)o2)ccc1Cl. The Morgan fingerprint density at radius 1 is 1.40 bits per heavy atom. The van der Waals surface area contributed by atoms with E-state index in [0.717, 1.165) is 5.56 Å². The highest BCUT2D eigenvalue weighted by molar-refractivity contribution is 6.31. The number of nitrogen functional groups attached to an aromatic ring is 1. The summed E-state index contributed by atoms with van der Waals surface area (Å²) in [7, 11) is 0. The number of halogens is 1. The molecule has 0 aliphatic rings. The minimum atomic E-state index is -0.389. The molecule has 1 amide bonds. The number of hydrazine groups is 1. The molecule has 5 nitrogen and oxygen atoms in total. The molecule has 2 rings (SSSR count). The van der Waals surface area contributed by atoms with Crippen LogP contribution in [0.1, 0.15) is 27.4 Å². The van der Waals surface area contributed by atoms with Crippen molar-refractivity contribution in [1.29, 1.82) is 0 Å². The van der Waals surface area contributed by atoms with Gasteiger partial charge in [0.05, 0.1) is 5.56 Å². The first-order chi connectivity index (χ1) is 9.51. The summed E-state index contributed by atoms with van der Waals surface area (Å²) in [5, 5.41) is 0.688. The number of amides is 1. The van der Waals surface area contributed by atoms with Crippen molar-refractivity contribution in [1.82, 2.24) is 5.43 Å². The van der Waals surface area contributed by atoms with Crippen LogP contribution in [0.5, 0.6) is 5.75 Å². The van der Waals surface area contributed by atoms with Crippen LogP contribution in [-0.4, -0.2) is 5.91 Å². The molecule has 1 aromatic heterocycles. The molecule has 0 atom stereocenters. The number of nitrogens with one attached hydrogen (secondary N) is 1. The van der Waals surface area contributed by atoms with Crippen LogP contribution in [0.3, 0.4) is 0 Å². The zero-order chi connectivity index (χ0) is 14.7. The lowest BCUT2D eigenvalue weighted by atomic mass is 10.2. The Morgan fingerprint density at radius 3 is 2.80 bits per heavy atom. The van der Waals surface area contributed by atoms with Gasteiger partial charge in [-0.05, 0) is 43.7 Å². The second-order valence-corrected chi connectivity index (χ2v) is 4.76. The number of ether oxygens (including phenoxy) is 1. The van der Waals surface area contributed by atoms with E-state index in [4.69, 9.17) is 26.6 Å². The van der Waals surface area contributed by atoms with E-state index in [-0.39, 0.29) is 12.5 Å². The van der Waals surface area contributed by atoms with E-state index in [2.05, 4.69) is 5.43 Å². The lowest BCUT2D eigenvalue weighted by Crippen LogP contribution is -2.30. The number of benzene rings is 1. The fraction of sp³-hybridized carbons (Fsp3) is 0.214. The maximum atomic E-state index is 11.5. The van der Waals surface area contributed by atoms with Crippen LogP contribution in [0.15, 0.2) is 28.7 Å². The first-order valence-corrected chi connectivity index (χ1v) is 6.38. The molecule has 0 saturated carbocycles. The number of rotatable bonds is 4. The van der Waals surface area contributed by atoms with Crippen LogP contribution >= 0.6 is 11.6 Å². The summed E-state index contributed by atoms with van der Waals surface area (Å²) in [6, 6.07) is 7.00. The predicted octanol–water partition coefficient (Wildman–Crippen LogP) is 2.73. The number of carbonyl (C=O) groups is 1. The molecule has 20 heavy (non-hydrogen) atoms. The van der Waals surface area contributed by atoms with Crippen LogP contribution in [-0.2, 0) is 6.61 Å². The molecule has 0 unspecified atom stereocenters. The van der Waals surface area contributed by atoms with E-state index in [0.29, 0.717) is 27.9 Å². The molecule has 0 saturated heterocycles. The zero-order valence-corrected chi connectivity index (χ0v) is 12.0. The van der Waals surface area contributed by atoms with Gasteiger partial charge in [0, 0.05) is 5.02 Å². The topological polar surface area (TPSA) is 77.5 Å². The molecule has 0 bridgehead atoms. The Morgan fingerprint density at radius 2 is 2.15 bits per heavy atom. The normalized spacial score (nSPS) is 10.4. The van der Waals surface area contributed by atoms with Gasteiger partial charge in [-0.1, -0.05) is 11.6 Å². The van der Waals surface area contributed by atoms with Crippen LogP contribution in [0.4, 0.5) is 0 Å². The minimum absolute atomic E-state index is 0.222. The molecule has 0 radical (unpaired) electrons. The summed E-state index contributed by atoms with van der Waals surface area (Å²) < 4.78 is 11.0. The lowest BCUT2D eigenvalue weighted by Gasteiger charge is -2.05. The zero-order valence-electron chi connectivity index (χ0n) is 11.2. The largest absolute Gasteiger partial charge is 0.486 e. The van der Waals surface area contributed by atoms with Gasteiger partial charge in [-0.25, -0.2) is 5.84 Å². The highest BCUT2D eigenvalue weighted by Crippen LogP contribution is 2.22. The van der Waals surface area contributed by atoms with Gasteiger partial charge in [-0.15, -0.1) is 0 Å². The number of hydrogen-bond acceptors (Lipinski definition) is 4. The molecule has 0 fully saturated rings. The highest BCUT2D eigenvalue weighted by Gasteiger charge is 2.14. The van der Waals surface area contributed by atoms with Crippen molar-refractivity contribution in [3.05, 3.63) is 51.9 Å². The van der Waals surface area contributed by atoms with Gasteiger partial charge in [0.1, 0.15) is 23.9 Å². The van der Waals surface area contributed by atoms with Crippen molar-refractivity contribution in [2.24, 2.45) is 5.84 Å². The van der Waals surface area contributed by atoms with Crippen LogP contribution in [0.2, 0.25) is 5.02 Å². The van der Waals surface area contributed by atoms with Gasteiger partial charge in [0.2, 0.25) is 0 Å². The van der Waals surface area contributed by atoms with Gasteiger partial charge in [0.25, 0.3) is 5.91 Å². The number of furan rings is 1. The Hall–Kier alpha value is -1.98. The summed E-state index contributed by atoms with van der Waals surface area (Å²) in [5.41, 5.74) is 3.40. The van der Waals surface area contributed by atoms with Crippen LogP contribution < -0.4 is 16.0 Å². The smallest absolute Gasteiger partial charge is 0.268 e. The molecule has 0 aliphatic carbocycles. The quantitative estimate of drug-likeness (QED) is 0.516. The molecule has 1 aromatic carbocycles. The van der Waals surface area contributed by atoms with Gasteiger partial charge in [-0.3, -0.25) is 10.2 Å². The van der Waals surface area contributed by atoms with Gasteiger partial charge < -0.3 is 9.15 Å². The van der Waals surface area contributed by atoms with Crippen LogP contribution in [0.25, 0.3) is 0 Å². The Balaban J connectivity index is 2.07. The third-order valence-corrected chi connectivity index (χ3v) is 3.28. The number of aryl methyl sites for hydroxylation is 2. The van der Waals surface area contributed by atoms with Crippen molar-refractivity contribution in [2.75, 3.05) is 0 Å². The third-order valence-electron chi connectivity index (χ3n) is 2.86. The predicted molar refractivity (Wildman–Crippen MR) is 75.6 cm³/mol. The van der Waals surface area contributed by atoms with Gasteiger partial charge in [0.15, 0.2) is 0 Å². The molecule has 6 heteroatoms. The summed E-state index contributed by atoms with van der Waals surface area (Å²) in [4.78, 5) is 11.5. The van der Waals surface area contributed by atoms with E-state index >= 15 is 0 Å². The fourth-order valence-electron chi connectivity index (χ4n) is 1.78. The molecular formula is C14H15ClN2O3. The van der Waals surface area contributed by atoms with Gasteiger partial charge >= 0.3 is 0 Å². The Kier molecular flexibility index (Phi) is 4.32. The molecule has 2 aromatic rings. The number of carbonyl (C=O) groups excluding carboxylic acids is 1. The van der Waals surface area contributed by atoms with Crippen molar-refractivity contribution >= 4 is 17.5 Å². The summed E-state index contributed by atoms with van der Waals surface area (Å²) >= 11 is 5.94. The summed E-state index contributed by atoms with van der Waals surface area (Å²) in [6.45, 7) is 3.82. The average Bonchev–Trinajstić information content (AvgIpc) is 2.80. The first kappa shape index (κ1) is 14.4. The monoisotopic (exact) mass is 294 g/mol. The second-order valence-electron chi connectivity index (χ2n) is 4.36. The maximum Gasteiger partial charge on any atom is 0.268 e. The fourth-order valence-corrected chi connectivity index (χ4v) is 1.90. The second kappa shape index (κ2) is 5.98.